The van der Waals surface area contributed by atoms with Crippen LogP contribution in [0.4, 0.5) is 4.79 Å². The molecule has 1 saturated heterocycles. The Labute approximate surface area is 108 Å². The Hall–Kier alpha value is -1.55. The summed E-state index contributed by atoms with van der Waals surface area (Å²) < 4.78 is 0. The third-order valence-corrected chi connectivity index (χ3v) is 3.35. The zero-order valence-electron chi connectivity index (χ0n) is 10.7. The maximum Gasteiger partial charge on any atom is 0.317 e. The maximum atomic E-state index is 11.9. The third-order valence-electron chi connectivity index (χ3n) is 3.35. The number of urea groups is 1. The van der Waals surface area contributed by atoms with Crippen molar-refractivity contribution in [2.75, 3.05) is 13.1 Å². The number of carbonyl (C=O) groups is 1. The number of carbonyl (C=O) groups excluding carboxylic acids is 1. The lowest BCUT2D eigenvalue weighted by Gasteiger charge is -2.26. The zero-order chi connectivity index (χ0) is 12.8. The normalized spacial score (nSPS) is 15.5. The highest BCUT2D eigenvalue weighted by Gasteiger charge is 2.15. The molecule has 0 spiro atoms. The fraction of sp³-hybridized carbons (Fsp3) is 0.500. The number of likely N-dealkylation sites (tertiary alicyclic amines) is 1. The van der Waals surface area contributed by atoms with E-state index in [4.69, 9.17) is 5.73 Å². The molecule has 1 aliphatic heterocycles. The quantitative estimate of drug-likeness (QED) is 0.856. The predicted octanol–water partition coefficient (Wildman–Crippen LogP) is 1.84. The van der Waals surface area contributed by atoms with Crippen molar-refractivity contribution >= 4 is 6.03 Å². The van der Waals surface area contributed by atoms with Gasteiger partial charge in [-0.2, -0.15) is 0 Å². The molecule has 0 atom stereocenters. The molecule has 0 saturated carbocycles. The van der Waals surface area contributed by atoms with Crippen LogP contribution in [0.1, 0.15) is 30.4 Å². The highest BCUT2D eigenvalue weighted by Crippen LogP contribution is 2.09. The van der Waals surface area contributed by atoms with Gasteiger partial charge in [0.15, 0.2) is 0 Å². The van der Waals surface area contributed by atoms with Crippen molar-refractivity contribution in [3.8, 4) is 0 Å². The summed E-state index contributed by atoms with van der Waals surface area (Å²) in [5, 5.41) is 2.96. The Morgan fingerprint density at radius 2 is 1.72 bits per heavy atom. The number of nitrogens with zero attached hydrogens (tertiary/aromatic N) is 1. The number of piperidine rings is 1. The summed E-state index contributed by atoms with van der Waals surface area (Å²) in [6.07, 6.45) is 3.49. The Morgan fingerprint density at radius 3 is 2.33 bits per heavy atom. The number of benzene rings is 1. The maximum absolute atomic E-state index is 11.9. The van der Waals surface area contributed by atoms with Gasteiger partial charge in [-0.3, -0.25) is 0 Å². The Bertz CT molecular complexity index is 383. The average Bonchev–Trinajstić information content (AvgIpc) is 2.46. The van der Waals surface area contributed by atoms with E-state index in [1.54, 1.807) is 0 Å². The standard InChI is InChI=1S/C14H21N3O/c15-10-12-4-6-13(7-5-12)11-16-14(18)17-8-2-1-3-9-17/h4-7H,1-3,8-11,15H2,(H,16,18). The number of nitrogens with two attached hydrogens (primary N) is 1. The van der Waals surface area contributed by atoms with E-state index < -0.39 is 0 Å². The summed E-state index contributed by atoms with van der Waals surface area (Å²) >= 11 is 0. The van der Waals surface area contributed by atoms with Gasteiger partial charge in [0.05, 0.1) is 0 Å². The van der Waals surface area contributed by atoms with Crippen molar-refractivity contribution in [2.24, 2.45) is 5.73 Å². The van der Waals surface area contributed by atoms with Crippen LogP contribution in [0, 0.1) is 0 Å². The van der Waals surface area contributed by atoms with Crippen molar-refractivity contribution in [1.29, 1.82) is 0 Å². The van der Waals surface area contributed by atoms with E-state index in [9.17, 15) is 4.79 Å². The minimum Gasteiger partial charge on any atom is -0.334 e. The van der Waals surface area contributed by atoms with Crippen LogP contribution in [-0.2, 0) is 13.1 Å². The Kier molecular flexibility index (Phi) is 4.59. The van der Waals surface area contributed by atoms with Crippen LogP contribution >= 0.6 is 0 Å². The molecule has 2 rings (SSSR count). The largest absolute Gasteiger partial charge is 0.334 e. The molecule has 1 aliphatic rings. The van der Waals surface area contributed by atoms with Crippen molar-refractivity contribution < 1.29 is 4.79 Å². The molecule has 98 valence electrons. The minimum absolute atomic E-state index is 0.0533. The van der Waals surface area contributed by atoms with Crippen molar-refractivity contribution in [3.05, 3.63) is 35.4 Å². The minimum atomic E-state index is 0.0533. The van der Waals surface area contributed by atoms with Gasteiger partial charge in [-0.15, -0.1) is 0 Å². The first-order valence-electron chi connectivity index (χ1n) is 6.60. The molecule has 0 radical (unpaired) electrons. The first kappa shape index (κ1) is 12.9. The van der Waals surface area contributed by atoms with Gasteiger partial charge in [0, 0.05) is 26.2 Å². The summed E-state index contributed by atoms with van der Waals surface area (Å²) in [5.74, 6) is 0. The first-order valence-corrected chi connectivity index (χ1v) is 6.60. The fourth-order valence-electron chi connectivity index (χ4n) is 2.18. The smallest absolute Gasteiger partial charge is 0.317 e. The number of hydrogen-bond acceptors (Lipinski definition) is 2. The molecule has 4 nitrogen and oxygen atoms in total. The number of nitrogens with one attached hydrogen (secondary N) is 1. The molecule has 0 unspecified atom stereocenters. The molecule has 0 bridgehead atoms. The molecule has 1 heterocycles. The summed E-state index contributed by atoms with van der Waals surface area (Å²) in [4.78, 5) is 13.8. The van der Waals surface area contributed by atoms with E-state index in [2.05, 4.69) is 5.32 Å². The second-order valence-corrected chi connectivity index (χ2v) is 4.73. The van der Waals surface area contributed by atoms with Gasteiger partial charge in [-0.25, -0.2) is 4.79 Å². The summed E-state index contributed by atoms with van der Waals surface area (Å²) in [5.41, 5.74) is 7.76. The first-order chi connectivity index (χ1) is 8.79. The second kappa shape index (κ2) is 6.40. The summed E-state index contributed by atoms with van der Waals surface area (Å²) in [6.45, 7) is 2.91. The molecule has 1 fully saturated rings. The summed E-state index contributed by atoms with van der Waals surface area (Å²) in [6, 6.07) is 8.08. The van der Waals surface area contributed by atoms with Crippen LogP contribution in [0.15, 0.2) is 24.3 Å². The lowest BCUT2D eigenvalue weighted by molar-refractivity contribution is 0.186. The molecular formula is C14H21N3O. The molecule has 3 N–H and O–H groups in total. The zero-order valence-corrected chi connectivity index (χ0v) is 10.7. The highest BCUT2D eigenvalue weighted by molar-refractivity contribution is 5.74. The lowest BCUT2D eigenvalue weighted by Crippen LogP contribution is -2.42. The van der Waals surface area contributed by atoms with Gasteiger partial charge in [-0.1, -0.05) is 24.3 Å². The number of amides is 2. The second-order valence-electron chi connectivity index (χ2n) is 4.73. The molecule has 1 aromatic rings. The van der Waals surface area contributed by atoms with E-state index in [1.165, 1.54) is 6.42 Å². The number of hydrogen-bond donors (Lipinski definition) is 2. The Morgan fingerprint density at radius 1 is 1.11 bits per heavy atom. The van der Waals surface area contributed by atoms with Gasteiger partial charge in [0.2, 0.25) is 0 Å². The van der Waals surface area contributed by atoms with E-state index in [0.29, 0.717) is 13.1 Å². The monoisotopic (exact) mass is 247 g/mol. The van der Waals surface area contributed by atoms with Crippen LogP contribution < -0.4 is 11.1 Å². The predicted molar refractivity (Wildman–Crippen MR) is 72.0 cm³/mol. The van der Waals surface area contributed by atoms with E-state index in [-0.39, 0.29) is 6.03 Å². The molecule has 18 heavy (non-hydrogen) atoms. The van der Waals surface area contributed by atoms with Crippen molar-refractivity contribution in [2.45, 2.75) is 32.4 Å². The van der Waals surface area contributed by atoms with Crippen LogP contribution in [0.25, 0.3) is 0 Å². The Balaban J connectivity index is 1.80. The molecule has 0 aliphatic carbocycles. The van der Waals surface area contributed by atoms with Gasteiger partial charge in [0.25, 0.3) is 0 Å². The van der Waals surface area contributed by atoms with Crippen LogP contribution in [0.5, 0.6) is 0 Å². The van der Waals surface area contributed by atoms with Gasteiger partial charge in [0.1, 0.15) is 0 Å². The number of rotatable bonds is 3. The van der Waals surface area contributed by atoms with Crippen LogP contribution in [0.2, 0.25) is 0 Å². The van der Waals surface area contributed by atoms with E-state index >= 15 is 0 Å². The molecule has 1 aromatic carbocycles. The van der Waals surface area contributed by atoms with E-state index in [1.807, 2.05) is 29.2 Å². The van der Waals surface area contributed by atoms with Crippen molar-refractivity contribution in [3.63, 3.8) is 0 Å². The summed E-state index contributed by atoms with van der Waals surface area (Å²) in [7, 11) is 0. The fourth-order valence-corrected chi connectivity index (χ4v) is 2.18. The highest BCUT2D eigenvalue weighted by atomic mass is 16.2. The molecular weight excluding hydrogens is 226 g/mol. The molecule has 0 aromatic heterocycles. The average molecular weight is 247 g/mol. The molecule has 2 amide bonds. The molecule has 4 heteroatoms. The van der Waals surface area contributed by atoms with Gasteiger partial charge < -0.3 is 16.0 Å². The van der Waals surface area contributed by atoms with E-state index in [0.717, 1.165) is 37.1 Å². The topological polar surface area (TPSA) is 58.4 Å². The SMILES string of the molecule is NCc1ccc(CNC(=O)N2CCCCC2)cc1. The third kappa shape index (κ3) is 3.47. The van der Waals surface area contributed by atoms with Gasteiger partial charge >= 0.3 is 6.03 Å². The van der Waals surface area contributed by atoms with Gasteiger partial charge in [-0.05, 0) is 30.4 Å². The van der Waals surface area contributed by atoms with Crippen molar-refractivity contribution in [1.82, 2.24) is 10.2 Å². The van der Waals surface area contributed by atoms with Crippen LogP contribution in [-0.4, -0.2) is 24.0 Å². The van der Waals surface area contributed by atoms with Crippen LogP contribution in [0.3, 0.4) is 0 Å². The lowest BCUT2D eigenvalue weighted by atomic mass is 10.1.